The lowest BCUT2D eigenvalue weighted by atomic mass is 9.99. The first kappa shape index (κ1) is 38.0. The normalized spacial score (nSPS) is 20.6. The number of ether oxygens (including phenoxy) is 3. The molecule has 1 aliphatic heterocycles. The minimum Gasteiger partial charge on any atom is -0.479 e. The predicted molar refractivity (Wildman–Crippen MR) is 149 cm³/mol. The third-order valence-corrected chi connectivity index (χ3v) is 6.90. The second-order valence-electron chi connectivity index (χ2n) is 10.4. The van der Waals surface area contributed by atoms with Crippen LogP contribution in [0.3, 0.4) is 0 Å². The van der Waals surface area contributed by atoms with Gasteiger partial charge < -0.3 is 50.4 Å². The number of halogens is 5. The Balaban J connectivity index is 1.42. The number of carbonyl (C=O) groups is 4. The van der Waals surface area contributed by atoms with Crippen LogP contribution in [0.15, 0.2) is 18.2 Å². The molecule has 0 radical (unpaired) electrons. The van der Waals surface area contributed by atoms with Crippen LogP contribution in [0.25, 0.3) is 0 Å². The molecule has 3 rings (SSSR count). The molecular weight excluding hydrogens is 663 g/mol. The lowest BCUT2D eigenvalue weighted by Crippen LogP contribution is -2.61. The summed E-state index contributed by atoms with van der Waals surface area (Å²) in [5, 5.41) is 53.7. The number of carboxylic acid groups (broad SMARTS) is 1. The van der Waals surface area contributed by atoms with E-state index in [4.69, 9.17) is 9.47 Å². The fourth-order valence-electron chi connectivity index (χ4n) is 4.34. The van der Waals surface area contributed by atoms with Crippen molar-refractivity contribution in [1.29, 1.82) is 0 Å². The van der Waals surface area contributed by atoms with Gasteiger partial charge in [-0.2, -0.15) is 8.78 Å². The van der Waals surface area contributed by atoms with Crippen molar-refractivity contribution < 1.29 is 80.9 Å². The van der Waals surface area contributed by atoms with Crippen LogP contribution >= 0.6 is 0 Å². The topological polar surface area (TPSA) is 221 Å². The maximum Gasteiger partial charge on any atom is 0.335 e. The van der Waals surface area contributed by atoms with Crippen molar-refractivity contribution >= 4 is 29.4 Å². The molecule has 5 atom stereocenters. The number of anilines is 1. The number of aliphatic carboxylic acids is 1. The maximum absolute atomic E-state index is 13.6. The van der Waals surface area contributed by atoms with E-state index >= 15 is 0 Å². The molecule has 0 bridgehead atoms. The highest BCUT2D eigenvalue weighted by Gasteiger charge is 2.48. The standard InChI is InChI=1S/C29H31F5N2O12/c30-18-19(31)21(33)26(22(34)20(18)32)47-17(40)5-3-1-2-4-15(38)35-9-8-16(39)36-13-10-12(11-37)6-7-14(13)46-29-25(43)23(41)24(42)27(48-29)28(44)45/h6-7,10,23-25,27,29,37,41-43H,1-5,8-9,11H2,(H,35,38)(H,36,39)(H,44,45)/t23-,24-,25+,27-,29+/m0/s1. The zero-order chi connectivity index (χ0) is 35.7. The van der Waals surface area contributed by atoms with Crippen LogP contribution in [0, 0.1) is 29.1 Å². The Morgan fingerprint density at radius 2 is 1.42 bits per heavy atom. The van der Waals surface area contributed by atoms with E-state index in [-0.39, 0.29) is 50.1 Å². The average molecular weight is 695 g/mol. The number of carbonyl (C=O) groups excluding carboxylic acids is 3. The van der Waals surface area contributed by atoms with Gasteiger partial charge in [-0.25, -0.2) is 18.0 Å². The van der Waals surface area contributed by atoms with E-state index in [2.05, 4.69) is 15.4 Å². The van der Waals surface area contributed by atoms with Crippen molar-refractivity contribution in [1.82, 2.24) is 5.32 Å². The Labute approximate surface area is 268 Å². The third kappa shape index (κ3) is 9.57. The average Bonchev–Trinajstić information content (AvgIpc) is 3.05. The van der Waals surface area contributed by atoms with Gasteiger partial charge in [0.25, 0.3) is 0 Å². The van der Waals surface area contributed by atoms with Gasteiger partial charge in [-0.15, -0.1) is 0 Å². The number of amides is 2. The fourth-order valence-corrected chi connectivity index (χ4v) is 4.34. The van der Waals surface area contributed by atoms with Crippen molar-refractivity contribution in [3.05, 3.63) is 52.8 Å². The summed E-state index contributed by atoms with van der Waals surface area (Å²) in [5.74, 6) is -17.4. The van der Waals surface area contributed by atoms with Crippen molar-refractivity contribution in [2.75, 3.05) is 11.9 Å². The van der Waals surface area contributed by atoms with Crippen LogP contribution in [-0.4, -0.2) is 86.5 Å². The van der Waals surface area contributed by atoms with Gasteiger partial charge in [0.1, 0.15) is 24.1 Å². The summed E-state index contributed by atoms with van der Waals surface area (Å²) in [6.45, 7) is -0.579. The van der Waals surface area contributed by atoms with Crippen LogP contribution in [0.4, 0.5) is 27.6 Å². The van der Waals surface area contributed by atoms with Crippen molar-refractivity contribution in [3.8, 4) is 11.5 Å². The van der Waals surface area contributed by atoms with Gasteiger partial charge in [0, 0.05) is 25.8 Å². The zero-order valence-electron chi connectivity index (χ0n) is 24.8. The molecule has 0 aromatic heterocycles. The van der Waals surface area contributed by atoms with E-state index in [1.165, 1.54) is 18.2 Å². The van der Waals surface area contributed by atoms with E-state index in [0.717, 1.165) is 0 Å². The van der Waals surface area contributed by atoms with E-state index in [1.54, 1.807) is 0 Å². The second kappa shape index (κ2) is 17.1. The van der Waals surface area contributed by atoms with Crippen LogP contribution in [-0.2, 0) is 30.5 Å². The highest BCUT2D eigenvalue weighted by Crippen LogP contribution is 2.32. The summed E-state index contributed by atoms with van der Waals surface area (Å²) in [6.07, 6.45) is -9.72. The number of esters is 1. The Bertz CT molecular complexity index is 1480. The van der Waals surface area contributed by atoms with Crippen molar-refractivity contribution in [2.45, 2.75) is 75.8 Å². The molecule has 1 aliphatic rings. The molecule has 1 fully saturated rings. The lowest BCUT2D eigenvalue weighted by Gasteiger charge is -2.38. The number of aliphatic hydroxyl groups excluding tert-OH is 4. The number of rotatable bonds is 15. The van der Waals surface area contributed by atoms with Gasteiger partial charge in [-0.05, 0) is 30.5 Å². The first-order valence-corrected chi connectivity index (χ1v) is 14.3. The summed E-state index contributed by atoms with van der Waals surface area (Å²) in [6, 6.07) is 3.96. The Morgan fingerprint density at radius 1 is 0.792 bits per heavy atom. The number of carboxylic acids is 1. The van der Waals surface area contributed by atoms with E-state index in [0.29, 0.717) is 5.56 Å². The number of nitrogens with one attached hydrogen (secondary N) is 2. The van der Waals surface area contributed by atoms with Crippen LogP contribution in [0.2, 0.25) is 0 Å². The minimum absolute atomic E-state index is 0.0418. The third-order valence-electron chi connectivity index (χ3n) is 6.90. The molecular formula is C29H31F5N2O12. The molecule has 264 valence electrons. The molecule has 1 heterocycles. The molecule has 1 saturated heterocycles. The molecule has 0 aliphatic carbocycles. The largest absolute Gasteiger partial charge is 0.479 e. The van der Waals surface area contributed by atoms with Gasteiger partial charge in [-0.1, -0.05) is 12.5 Å². The van der Waals surface area contributed by atoms with Crippen LogP contribution < -0.4 is 20.1 Å². The van der Waals surface area contributed by atoms with E-state index in [1.807, 2.05) is 0 Å². The zero-order valence-corrected chi connectivity index (χ0v) is 24.8. The minimum atomic E-state index is -2.40. The number of hydrogen-bond acceptors (Lipinski definition) is 11. The lowest BCUT2D eigenvalue weighted by molar-refractivity contribution is -0.271. The molecule has 0 spiro atoms. The van der Waals surface area contributed by atoms with Gasteiger partial charge in [-0.3, -0.25) is 14.4 Å². The summed E-state index contributed by atoms with van der Waals surface area (Å²) < 4.78 is 81.7. The maximum atomic E-state index is 13.6. The van der Waals surface area contributed by atoms with E-state index < -0.39 is 102 Å². The molecule has 14 nitrogen and oxygen atoms in total. The molecule has 2 aromatic rings. The fraction of sp³-hybridized carbons (Fsp3) is 0.448. The molecule has 19 heteroatoms. The van der Waals surface area contributed by atoms with E-state index in [9.17, 15) is 66.7 Å². The van der Waals surface area contributed by atoms with Crippen LogP contribution in [0.1, 0.15) is 44.1 Å². The van der Waals surface area contributed by atoms with Gasteiger partial charge in [0.2, 0.25) is 52.9 Å². The first-order valence-electron chi connectivity index (χ1n) is 14.3. The summed E-state index contributed by atoms with van der Waals surface area (Å²) in [4.78, 5) is 47.8. The molecule has 2 amide bonds. The Kier molecular flexibility index (Phi) is 13.6. The summed E-state index contributed by atoms with van der Waals surface area (Å²) in [5.41, 5.74) is 0.278. The summed E-state index contributed by atoms with van der Waals surface area (Å²) in [7, 11) is 0. The number of aliphatic hydroxyl groups is 4. The smallest absolute Gasteiger partial charge is 0.335 e. The van der Waals surface area contributed by atoms with Crippen molar-refractivity contribution in [3.63, 3.8) is 0 Å². The second-order valence-corrected chi connectivity index (χ2v) is 10.4. The first-order chi connectivity index (χ1) is 22.7. The number of hydrogen-bond donors (Lipinski definition) is 7. The van der Waals surface area contributed by atoms with Crippen LogP contribution in [0.5, 0.6) is 11.5 Å². The predicted octanol–water partition coefficient (Wildman–Crippen LogP) is 1.15. The highest BCUT2D eigenvalue weighted by atomic mass is 19.2. The Hall–Kier alpha value is -4.43. The summed E-state index contributed by atoms with van der Waals surface area (Å²) >= 11 is 0. The molecule has 0 saturated carbocycles. The quantitative estimate of drug-likeness (QED) is 0.0349. The van der Waals surface area contributed by atoms with Gasteiger partial charge >= 0.3 is 11.9 Å². The Morgan fingerprint density at radius 3 is 2.04 bits per heavy atom. The number of benzene rings is 2. The molecule has 7 N–H and O–H groups in total. The molecule has 48 heavy (non-hydrogen) atoms. The molecule has 2 aromatic carbocycles. The number of unbranched alkanes of at least 4 members (excludes halogenated alkanes) is 2. The molecule has 0 unspecified atom stereocenters. The SMILES string of the molecule is O=C(CCCCCC(=O)Oc1c(F)c(F)c(F)c(F)c1F)NCCC(=O)Nc1cc(CO)ccc1O[C@@H]1O[C@H](C(=O)O)[C@@H](O)[C@H](O)[C@H]1O. The van der Waals surface area contributed by atoms with Gasteiger partial charge in [0.15, 0.2) is 6.10 Å². The van der Waals surface area contributed by atoms with Crippen molar-refractivity contribution in [2.24, 2.45) is 0 Å². The highest BCUT2D eigenvalue weighted by molar-refractivity contribution is 5.92. The van der Waals surface area contributed by atoms with Gasteiger partial charge in [0.05, 0.1) is 12.3 Å². The monoisotopic (exact) mass is 694 g/mol.